The molecule has 3 rings (SSSR count). The maximum Gasteiger partial charge on any atom is 0.409 e. The number of halogens is 3. The van der Waals surface area contributed by atoms with Gasteiger partial charge >= 0.3 is 6.18 Å². The summed E-state index contributed by atoms with van der Waals surface area (Å²) in [6.07, 6.45) is -3.89. The van der Waals surface area contributed by atoms with Gasteiger partial charge in [0.1, 0.15) is 6.04 Å². The zero-order valence-electron chi connectivity index (χ0n) is 12.7. The Kier molecular flexibility index (Phi) is 4.02. The maximum atomic E-state index is 13.7. The minimum Gasteiger partial charge on any atom is -0.288 e. The van der Waals surface area contributed by atoms with Gasteiger partial charge in [-0.1, -0.05) is 37.3 Å². The van der Waals surface area contributed by atoms with Gasteiger partial charge in [-0.25, -0.2) is 5.01 Å². The molecule has 0 bridgehead atoms. The summed E-state index contributed by atoms with van der Waals surface area (Å²) in [5.41, 5.74) is 3.19. The van der Waals surface area contributed by atoms with Crippen LogP contribution < -0.4 is 5.43 Å². The summed E-state index contributed by atoms with van der Waals surface area (Å²) in [6.45, 7) is 1.89. The molecule has 0 saturated carbocycles. The van der Waals surface area contributed by atoms with E-state index in [1.807, 2.05) is 19.1 Å². The fourth-order valence-electron chi connectivity index (χ4n) is 3.07. The summed E-state index contributed by atoms with van der Waals surface area (Å²) >= 11 is 0. The predicted molar refractivity (Wildman–Crippen MR) is 81.6 cm³/mol. The van der Waals surface area contributed by atoms with Crippen LogP contribution in [0.3, 0.4) is 0 Å². The minimum absolute atomic E-state index is 0.0546. The first-order valence-electron chi connectivity index (χ1n) is 7.54. The number of amides is 1. The van der Waals surface area contributed by atoms with E-state index in [1.54, 1.807) is 24.3 Å². The van der Waals surface area contributed by atoms with E-state index >= 15 is 0 Å². The van der Waals surface area contributed by atoms with Crippen LogP contribution in [0, 0.1) is 0 Å². The molecule has 6 heteroatoms. The molecule has 1 unspecified atom stereocenters. The number of alkyl halides is 3. The Balaban J connectivity index is 2.14. The molecule has 1 N–H and O–H groups in total. The van der Waals surface area contributed by atoms with Crippen molar-refractivity contribution in [2.75, 3.05) is 6.54 Å². The normalized spacial score (nSPS) is 17.5. The van der Waals surface area contributed by atoms with Crippen LogP contribution in [0.2, 0.25) is 0 Å². The smallest absolute Gasteiger partial charge is 0.288 e. The molecule has 1 aliphatic heterocycles. The zero-order valence-corrected chi connectivity index (χ0v) is 12.7. The average Bonchev–Trinajstić information content (AvgIpc) is 2.91. The molecule has 122 valence electrons. The predicted octanol–water partition coefficient (Wildman–Crippen LogP) is 3.74. The Hall–Kier alpha value is -2.08. The van der Waals surface area contributed by atoms with Crippen molar-refractivity contribution in [3.05, 3.63) is 47.5 Å². The van der Waals surface area contributed by atoms with E-state index in [0.29, 0.717) is 12.0 Å². The molecule has 1 fully saturated rings. The molecule has 1 amide bonds. The Morgan fingerprint density at radius 2 is 1.87 bits per heavy atom. The van der Waals surface area contributed by atoms with E-state index in [2.05, 4.69) is 5.43 Å². The van der Waals surface area contributed by atoms with Crippen molar-refractivity contribution in [3.8, 4) is 0 Å². The molecule has 0 aromatic heterocycles. The zero-order chi connectivity index (χ0) is 16.6. The molecule has 0 radical (unpaired) electrons. The Morgan fingerprint density at radius 1 is 1.22 bits per heavy atom. The van der Waals surface area contributed by atoms with Gasteiger partial charge in [0.2, 0.25) is 5.91 Å². The fraction of sp³-hybridized carbons (Fsp3) is 0.353. The standard InChI is InChI=1S/C17H17F3N2O/c1-2-11-9-12-5-3-4-6-13(12)10-14(11)16(17(18,19)20)22-8-7-15(23)21-22/h3-6,9-10,16H,2,7-8H2,1H3,(H,21,23). The van der Waals surface area contributed by atoms with Crippen molar-refractivity contribution in [1.82, 2.24) is 10.4 Å². The molecule has 3 nitrogen and oxygen atoms in total. The first kappa shape index (κ1) is 15.8. The minimum atomic E-state index is -4.47. The molecule has 1 atom stereocenters. The number of fused-ring (bicyclic) bond motifs is 1. The second kappa shape index (κ2) is 5.85. The first-order chi connectivity index (χ1) is 10.9. The van der Waals surface area contributed by atoms with Crippen molar-refractivity contribution in [2.24, 2.45) is 0 Å². The molecular formula is C17H17F3N2O. The third kappa shape index (κ3) is 3.03. The van der Waals surface area contributed by atoms with Crippen molar-refractivity contribution < 1.29 is 18.0 Å². The topological polar surface area (TPSA) is 32.3 Å². The van der Waals surface area contributed by atoms with E-state index in [0.717, 1.165) is 15.8 Å². The Bertz CT molecular complexity index is 742. The number of carbonyl (C=O) groups excluding carboxylic acids is 1. The van der Waals surface area contributed by atoms with Crippen molar-refractivity contribution >= 4 is 16.7 Å². The van der Waals surface area contributed by atoms with Gasteiger partial charge in [0.25, 0.3) is 0 Å². The lowest BCUT2D eigenvalue weighted by Gasteiger charge is -2.31. The average molecular weight is 322 g/mol. The molecule has 1 heterocycles. The third-order valence-corrected chi connectivity index (χ3v) is 4.15. The molecule has 1 saturated heterocycles. The van der Waals surface area contributed by atoms with Crippen LogP contribution in [-0.4, -0.2) is 23.6 Å². The number of hydrogen-bond acceptors (Lipinski definition) is 2. The van der Waals surface area contributed by atoms with E-state index < -0.39 is 12.2 Å². The van der Waals surface area contributed by atoms with Crippen LogP contribution in [0.25, 0.3) is 10.8 Å². The SMILES string of the molecule is CCc1cc2ccccc2cc1C(N1CCC(=O)N1)C(F)(F)F. The summed E-state index contributed by atoms with van der Waals surface area (Å²) in [6, 6.07) is 8.93. The number of benzene rings is 2. The van der Waals surface area contributed by atoms with Gasteiger partial charge in [0.15, 0.2) is 0 Å². The summed E-state index contributed by atoms with van der Waals surface area (Å²) in [5.74, 6) is -0.377. The fourth-order valence-corrected chi connectivity index (χ4v) is 3.07. The van der Waals surface area contributed by atoms with Gasteiger partial charge < -0.3 is 0 Å². The van der Waals surface area contributed by atoms with Crippen molar-refractivity contribution in [1.29, 1.82) is 0 Å². The lowest BCUT2D eigenvalue weighted by molar-refractivity contribution is -0.191. The monoisotopic (exact) mass is 322 g/mol. The van der Waals surface area contributed by atoms with E-state index in [1.165, 1.54) is 0 Å². The van der Waals surface area contributed by atoms with Crippen molar-refractivity contribution in [3.63, 3.8) is 0 Å². The first-order valence-corrected chi connectivity index (χ1v) is 7.54. The summed E-state index contributed by atoms with van der Waals surface area (Å²) in [5, 5.41) is 2.69. The molecule has 1 aliphatic rings. The summed E-state index contributed by atoms with van der Waals surface area (Å²) in [7, 11) is 0. The van der Waals surface area contributed by atoms with Gasteiger partial charge in [-0.3, -0.25) is 10.2 Å². The highest BCUT2D eigenvalue weighted by molar-refractivity contribution is 5.84. The van der Waals surface area contributed by atoms with E-state index in [-0.39, 0.29) is 24.4 Å². The highest BCUT2D eigenvalue weighted by Crippen LogP contribution is 2.40. The molecule has 2 aromatic carbocycles. The number of hydrazine groups is 1. The lowest BCUT2D eigenvalue weighted by Crippen LogP contribution is -2.44. The number of hydrogen-bond donors (Lipinski definition) is 1. The number of rotatable bonds is 3. The molecular weight excluding hydrogens is 305 g/mol. The van der Waals surface area contributed by atoms with Crippen LogP contribution in [0.4, 0.5) is 13.2 Å². The van der Waals surface area contributed by atoms with Gasteiger partial charge in [0.05, 0.1) is 0 Å². The lowest BCUT2D eigenvalue weighted by atomic mass is 9.93. The van der Waals surface area contributed by atoms with E-state index in [4.69, 9.17) is 0 Å². The van der Waals surface area contributed by atoms with E-state index in [9.17, 15) is 18.0 Å². The number of aryl methyl sites for hydroxylation is 1. The largest absolute Gasteiger partial charge is 0.409 e. The van der Waals surface area contributed by atoms with Crippen LogP contribution in [0.15, 0.2) is 36.4 Å². The Labute approximate surface area is 132 Å². The van der Waals surface area contributed by atoms with Crippen molar-refractivity contribution in [2.45, 2.75) is 32.0 Å². The Morgan fingerprint density at radius 3 is 2.39 bits per heavy atom. The van der Waals surface area contributed by atoms with Crippen LogP contribution in [0.1, 0.15) is 30.5 Å². The summed E-state index contributed by atoms with van der Waals surface area (Å²) in [4.78, 5) is 11.4. The van der Waals surface area contributed by atoms with Gasteiger partial charge in [-0.15, -0.1) is 0 Å². The second-order valence-electron chi connectivity index (χ2n) is 5.67. The van der Waals surface area contributed by atoms with Gasteiger partial charge in [0, 0.05) is 13.0 Å². The third-order valence-electron chi connectivity index (χ3n) is 4.15. The highest BCUT2D eigenvalue weighted by Gasteiger charge is 2.47. The number of carbonyl (C=O) groups is 1. The quantitative estimate of drug-likeness (QED) is 0.933. The molecule has 23 heavy (non-hydrogen) atoms. The molecule has 0 spiro atoms. The van der Waals surface area contributed by atoms with Gasteiger partial charge in [-0.05, 0) is 34.4 Å². The molecule has 2 aromatic rings. The number of nitrogens with one attached hydrogen (secondary N) is 1. The molecule has 0 aliphatic carbocycles. The van der Waals surface area contributed by atoms with Crippen LogP contribution in [0.5, 0.6) is 0 Å². The second-order valence-corrected chi connectivity index (χ2v) is 5.67. The summed E-state index contributed by atoms with van der Waals surface area (Å²) < 4.78 is 41.1. The van der Waals surface area contributed by atoms with Crippen LogP contribution in [-0.2, 0) is 11.2 Å². The van der Waals surface area contributed by atoms with Crippen LogP contribution >= 0.6 is 0 Å². The number of nitrogens with zero attached hydrogens (tertiary/aromatic N) is 1. The maximum absolute atomic E-state index is 13.7. The highest BCUT2D eigenvalue weighted by atomic mass is 19.4. The van der Waals surface area contributed by atoms with Gasteiger partial charge in [-0.2, -0.15) is 13.2 Å².